The molecule has 1 N–H and O–H groups in total. The van der Waals surface area contributed by atoms with Gasteiger partial charge in [0.05, 0.1) is 6.61 Å². The summed E-state index contributed by atoms with van der Waals surface area (Å²) in [6.07, 6.45) is 3.95. The second kappa shape index (κ2) is 9.87. The lowest BCUT2D eigenvalue weighted by Gasteiger charge is -2.03. The van der Waals surface area contributed by atoms with E-state index in [4.69, 9.17) is 16.3 Å². The van der Waals surface area contributed by atoms with Gasteiger partial charge < -0.3 is 4.74 Å². The van der Waals surface area contributed by atoms with Crippen molar-refractivity contribution in [1.82, 2.24) is 4.98 Å². The number of nitriles is 1. The van der Waals surface area contributed by atoms with Crippen molar-refractivity contribution in [1.29, 1.82) is 5.26 Å². The third kappa shape index (κ3) is 5.92. The highest BCUT2D eigenvalue weighted by Gasteiger charge is 2.12. The Bertz CT molecular complexity index is 1050. The second-order valence-electron chi connectivity index (χ2n) is 6.06. The maximum absolute atomic E-state index is 12.4. The minimum absolute atomic E-state index is 0.00334. The van der Waals surface area contributed by atoms with E-state index in [1.807, 2.05) is 37.3 Å². The van der Waals surface area contributed by atoms with E-state index in [9.17, 15) is 10.1 Å². The fourth-order valence-electron chi connectivity index (χ4n) is 2.56. The number of amides is 1. The Labute approximate surface area is 178 Å². The number of carbonyl (C=O) groups is 1. The van der Waals surface area contributed by atoms with Crippen molar-refractivity contribution in [2.75, 3.05) is 11.9 Å². The molecule has 0 atom stereocenters. The third-order valence-electron chi connectivity index (χ3n) is 3.93. The number of carbonyl (C=O) groups excluding carboxylic acids is 1. The number of nitrogens with zero attached hydrogens (tertiary/aromatic N) is 2. The van der Waals surface area contributed by atoms with Crippen LogP contribution in [0.25, 0.3) is 6.08 Å². The van der Waals surface area contributed by atoms with Crippen LogP contribution in [0, 0.1) is 11.3 Å². The number of halogens is 1. The first-order valence-corrected chi connectivity index (χ1v) is 10.1. The molecular formula is C22H18ClN3O2S. The fourth-order valence-corrected chi connectivity index (χ4v) is 3.52. The average molecular weight is 424 g/mol. The number of hydrogen-bond donors (Lipinski definition) is 1. The molecule has 1 amide bonds. The highest BCUT2D eigenvalue weighted by molar-refractivity contribution is 7.15. The summed E-state index contributed by atoms with van der Waals surface area (Å²) in [5.41, 5.74) is 1.84. The molecule has 2 aromatic carbocycles. The van der Waals surface area contributed by atoms with Gasteiger partial charge in [-0.1, -0.05) is 35.9 Å². The predicted molar refractivity (Wildman–Crippen MR) is 116 cm³/mol. The molecule has 0 unspecified atom stereocenters. The highest BCUT2D eigenvalue weighted by atomic mass is 35.5. The molecule has 1 heterocycles. The minimum atomic E-state index is -0.492. The summed E-state index contributed by atoms with van der Waals surface area (Å²) in [4.78, 5) is 17.7. The molecule has 0 saturated heterocycles. The number of nitrogens with one attached hydrogen (secondary N) is 1. The van der Waals surface area contributed by atoms with Crippen molar-refractivity contribution in [3.05, 3.63) is 81.3 Å². The Morgan fingerprint density at radius 1 is 1.24 bits per heavy atom. The molecule has 3 aromatic rings. The van der Waals surface area contributed by atoms with Crippen LogP contribution >= 0.6 is 22.9 Å². The lowest BCUT2D eigenvalue weighted by molar-refractivity contribution is -0.112. The van der Waals surface area contributed by atoms with E-state index in [0.717, 1.165) is 21.8 Å². The van der Waals surface area contributed by atoms with Gasteiger partial charge in [-0.15, -0.1) is 11.3 Å². The van der Waals surface area contributed by atoms with E-state index in [0.29, 0.717) is 23.2 Å². The van der Waals surface area contributed by atoms with E-state index in [1.54, 1.807) is 30.5 Å². The van der Waals surface area contributed by atoms with Crippen molar-refractivity contribution < 1.29 is 9.53 Å². The molecule has 0 aliphatic rings. The van der Waals surface area contributed by atoms with Crippen LogP contribution in [0.4, 0.5) is 5.13 Å². The van der Waals surface area contributed by atoms with E-state index < -0.39 is 5.91 Å². The maximum Gasteiger partial charge on any atom is 0.268 e. The Kier molecular flexibility index (Phi) is 7.01. The van der Waals surface area contributed by atoms with Crippen LogP contribution in [0.2, 0.25) is 5.02 Å². The summed E-state index contributed by atoms with van der Waals surface area (Å²) in [7, 11) is 0. The van der Waals surface area contributed by atoms with Crippen LogP contribution in [0.15, 0.2) is 60.3 Å². The predicted octanol–water partition coefficient (Wildman–Crippen LogP) is 5.33. The van der Waals surface area contributed by atoms with Gasteiger partial charge in [0.25, 0.3) is 5.91 Å². The van der Waals surface area contributed by atoms with E-state index in [2.05, 4.69) is 10.3 Å². The SMILES string of the molecule is CCOc1ccc(C=C(C#N)C(=O)Nc2ncc(Cc3ccc(Cl)cc3)s2)cc1. The summed E-state index contributed by atoms with van der Waals surface area (Å²) in [5.74, 6) is 0.248. The summed E-state index contributed by atoms with van der Waals surface area (Å²) >= 11 is 7.28. The van der Waals surface area contributed by atoms with Crippen LogP contribution < -0.4 is 10.1 Å². The van der Waals surface area contributed by atoms with Gasteiger partial charge in [-0.3, -0.25) is 10.1 Å². The van der Waals surface area contributed by atoms with Crippen LogP contribution in [0.3, 0.4) is 0 Å². The number of benzene rings is 2. The second-order valence-corrected chi connectivity index (χ2v) is 7.61. The number of rotatable bonds is 7. The molecular weight excluding hydrogens is 406 g/mol. The van der Waals surface area contributed by atoms with Gasteiger partial charge in [-0.05, 0) is 48.4 Å². The number of ether oxygens (including phenoxy) is 1. The molecule has 0 spiro atoms. The Hall–Kier alpha value is -3.14. The average Bonchev–Trinajstić information content (AvgIpc) is 3.16. The Morgan fingerprint density at radius 3 is 2.62 bits per heavy atom. The first-order chi connectivity index (χ1) is 14.1. The fraction of sp³-hybridized carbons (Fsp3) is 0.136. The first kappa shape index (κ1) is 20.6. The van der Waals surface area contributed by atoms with Crippen LogP contribution in [-0.4, -0.2) is 17.5 Å². The van der Waals surface area contributed by atoms with Gasteiger partial charge in [0.1, 0.15) is 17.4 Å². The normalized spacial score (nSPS) is 11.0. The summed E-state index contributed by atoms with van der Waals surface area (Å²) < 4.78 is 5.39. The lowest BCUT2D eigenvalue weighted by atomic mass is 10.1. The monoisotopic (exact) mass is 423 g/mol. The Morgan fingerprint density at radius 2 is 1.97 bits per heavy atom. The van der Waals surface area contributed by atoms with Crippen molar-refractivity contribution in [2.45, 2.75) is 13.3 Å². The first-order valence-electron chi connectivity index (χ1n) is 8.92. The van der Waals surface area contributed by atoms with Gasteiger partial charge in [-0.25, -0.2) is 4.98 Å². The Balaban J connectivity index is 1.65. The summed E-state index contributed by atoms with van der Waals surface area (Å²) in [6.45, 7) is 2.49. The van der Waals surface area contributed by atoms with E-state index in [1.165, 1.54) is 17.4 Å². The quantitative estimate of drug-likeness (QED) is 0.411. The largest absolute Gasteiger partial charge is 0.494 e. The maximum atomic E-state index is 12.4. The molecule has 146 valence electrons. The molecule has 0 saturated carbocycles. The highest BCUT2D eigenvalue weighted by Crippen LogP contribution is 2.23. The zero-order chi connectivity index (χ0) is 20.6. The van der Waals surface area contributed by atoms with Gasteiger partial charge >= 0.3 is 0 Å². The molecule has 5 nitrogen and oxygen atoms in total. The molecule has 0 radical (unpaired) electrons. The van der Waals surface area contributed by atoms with Crippen molar-refractivity contribution >= 4 is 40.1 Å². The zero-order valence-corrected chi connectivity index (χ0v) is 17.3. The molecule has 3 rings (SSSR count). The number of hydrogen-bond acceptors (Lipinski definition) is 5. The van der Waals surface area contributed by atoms with E-state index >= 15 is 0 Å². The van der Waals surface area contributed by atoms with Gasteiger partial charge in [0.2, 0.25) is 0 Å². The van der Waals surface area contributed by atoms with Crippen LogP contribution in [0.5, 0.6) is 5.75 Å². The molecule has 29 heavy (non-hydrogen) atoms. The third-order valence-corrected chi connectivity index (χ3v) is 5.10. The minimum Gasteiger partial charge on any atom is -0.494 e. The van der Waals surface area contributed by atoms with Gasteiger partial charge in [-0.2, -0.15) is 5.26 Å². The number of aromatic nitrogens is 1. The van der Waals surface area contributed by atoms with Crippen molar-refractivity contribution in [2.24, 2.45) is 0 Å². The molecule has 0 aliphatic carbocycles. The standard InChI is InChI=1S/C22H18ClN3O2S/c1-2-28-19-9-5-15(6-10-19)11-17(13-24)21(27)26-22-25-14-20(29-22)12-16-3-7-18(23)8-4-16/h3-11,14H,2,12H2,1H3,(H,25,26,27). The van der Waals surface area contributed by atoms with Crippen LogP contribution in [-0.2, 0) is 11.2 Å². The summed E-state index contributed by atoms with van der Waals surface area (Å²) in [6, 6.07) is 16.7. The summed E-state index contributed by atoms with van der Waals surface area (Å²) in [5, 5.41) is 13.2. The van der Waals surface area contributed by atoms with Crippen LogP contribution in [0.1, 0.15) is 22.9 Å². The lowest BCUT2D eigenvalue weighted by Crippen LogP contribution is -2.13. The molecule has 7 heteroatoms. The molecule has 1 aromatic heterocycles. The molecule has 0 bridgehead atoms. The molecule has 0 aliphatic heterocycles. The number of anilines is 1. The van der Waals surface area contributed by atoms with Gasteiger partial charge in [0.15, 0.2) is 5.13 Å². The number of thiazole rings is 1. The van der Waals surface area contributed by atoms with Crippen molar-refractivity contribution in [3.8, 4) is 11.8 Å². The van der Waals surface area contributed by atoms with E-state index in [-0.39, 0.29) is 5.57 Å². The molecule has 0 fully saturated rings. The topological polar surface area (TPSA) is 75.0 Å². The van der Waals surface area contributed by atoms with Gasteiger partial charge in [0, 0.05) is 22.5 Å². The smallest absolute Gasteiger partial charge is 0.268 e. The van der Waals surface area contributed by atoms with Crippen molar-refractivity contribution in [3.63, 3.8) is 0 Å². The zero-order valence-electron chi connectivity index (χ0n) is 15.7.